The summed E-state index contributed by atoms with van der Waals surface area (Å²) in [6, 6.07) is 3.83. The summed E-state index contributed by atoms with van der Waals surface area (Å²) in [7, 11) is 0. The molecule has 0 bridgehead atoms. The minimum absolute atomic E-state index is 0.0580. The van der Waals surface area contributed by atoms with E-state index in [-0.39, 0.29) is 5.91 Å². The molecule has 2 heterocycles. The van der Waals surface area contributed by atoms with Crippen molar-refractivity contribution in [2.45, 2.75) is 12.7 Å². The van der Waals surface area contributed by atoms with Gasteiger partial charge < -0.3 is 9.73 Å². The van der Waals surface area contributed by atoms with E-state index in [0.717, 1.165) is 11.5 Å². The molecular weight excluding hydrogens is 266 g/mol. The lowest BCUT2D eigenvalue weighted by atomic mass is 10.2. The van der Waals surface area contributed by atoms with Gasteiger partial charge in [-0.2, -0.15) is 23.1 Å². The maximum Gasteiger partial charge on any atom is 0.254 e. The molecule has 5 heteroatoms. The molecule has 2 aromatic rings. The number of rotatable bonds is 6. The van der Waals surface area contributed by atoms with Crippen LogP contribution in [0.3, 0.4) is 0 Å². The Labute approximate surface area is 115 Å². The Morgan fingerprint density at radius 3 is 3.06 bits per heavy atom. The molecule has 18 heavy (non-hydrogen) atoms. The fraction of sp³-hybridized carbons (Fsp3) is 0.308. The highest BCUT2D eigenvalue weighted by Gasteiger charge is 2.09. The van der Waals surface area contributed by atoms with E-state index in [1.54, 1.807) is 24.3 Å². The van der Waals surface area contributed by atoms with E-state index < -0.39 is 0 Å². The van der Waals surface area contributed by atoms with E-state index >= 15 is 0 Å². The highest BCUT2D eigenvalue weighted by atomic mass is 32.2. The van der Waals surface area contributed by atoms with Gasteiger partial charge in [-0.05, 0) is 35.4 Å². The Balaban J connectivity index is 1.64. The van der Waals surface area contributed by atoms with E-state index in [9.17, 15) is 4.79 Å². The van der Waals surface area contributed by atoms with Gasteiger partial charge in [0, 0.05) is 18.1 Å². The second kappa shape index (κ2) is 6.66. The van der Waals surface area contributed by atoms with Gasteiger partial charge in [0.2, 0.25) is 0 Å². The molecule has 2 aromatic heterocycles. The summed E-state index contributed by atoms with van der Waals surface area (Å²) in [5.74, 6) is 2.53. The summed E-state index contributed by atoms with van der Waals surface area (Å²) >= 11 is 3.54. The van der Waals surface area contributed by atoms with Crippen LogP contribution in [0.4, 0.5) is 0 Å². The smallest absolute Gasteiger partial charge is 0.254 e. The molecule has 0 atom stereocenters. The molecule has 0 saturated heterocycles. The number of amides is 1. The average Bonchev–Trinajstić information content (AvgIpc) is 2.99. The maximum atomic E-state index is 11.7. The van der Waals surface area contributed by atoms with E-state index in [1.807, 2.05) is 11.8 Å². The maximum absolute atomic E-state index is 11.7. The molecule has 0 aromatic carbocycles. The Hall–Kier alpha value is -1.20. The van der Waals surface area contributed by atoms with Gasteiger partial charge in [-0.1, -0.05) is 0 Å². The molecule has 96 valence electrons. The molecule has 0 spiro atoms. The molecule has 0 aliphatic rings. The van der Waals surface area contributed by atoms with Crippen molar-refractivity contribution in [3.8, 4) is 0 Å². The number of furan rings is 1. The largest absolute Gasteiger partial charge is 0.469 e. The van der Waals surface area contributed by atoms with Crippen molar-refractivity contribution in [1.82, 2.24) is 5.32 Å². The fourth-order valence-electron chi connectivity index (χ4n) is 1.52. The number of thiophene rings is 1. The number of hydrogen-bond donors (Lipinski definition) is 1. The monoisotopic (exact) mass is 281 g/mol. The third-order valence-electron chi connectivity index (χ3n) is 2.48. The number of hydrogen-bond acceptors (Lipinski definition) is 4. The molecule has 0 fully saturated rings. The second-order valence-electron chi connectivity index (χ2n) is 3.83. The van der Waals surface area contributed by atoms with Crippen molar-refractivity contribution < 1.29 is 9.21 Å². The SMILES string of the molecule is Cc1occc1C(=O)NCCSCc1ccsc1. The average molecular weight is 281 g/mol. The topological polar surface area (TPSA) is 42.2 Å². The zero-order valence-corrected chi connectivity index (χ0v) is 11.8. The summed E-state index contributed by atoms with van der Waals surface area (Å²) in [5, 5.41) is 7.12. The standard InChI is InChI=1S/C13H15NO2S2/c1-10-12(2-5-16-10)13(15)14-4-7-18-9-11-3-6-17-8-11/h2-3,5-6,8H,4,7,9H2,1H3,(H,14,15). The number of carbonyl (C=O) groups excluding carboxylic acids is 1. The van der Waals surface area contributed by atoms with Gasteiger partial charge in [0.1, 0.15) is 5.76 Å². The first-order valence-corrected chi connectivity index (χ1v) is 7.78. The van der Waals surface area contributed by atoms with Gasteiger partial charge in [-0.3, -0.25) is 4.79 Å². The first-order chi connectivity index (χ1) is 8.77. The van der Waals surface area contributed by atoms with E-state index in [1.165, 1.54) is 11.8 Å². The third-order valence-corrected chi connectivity index (χ3v) is 4.25. The van der Waals surface area contributed by atoms with Gasteiger partial charge in [0.05, 0.1) is 11.8 Å². The molecule has 1 amide bonds. The number of carbonyl (C=O) groups is 1. The van der Waals surface area contributed by atoms with Crippen LogP contribution >= 0.6 is 23.1 Å². The van der Waals surface area contributed by atoms with Gasteiger partial charge in [-0.15, -0.1) is 0 Å². The minimum atomic E-state index is -0.0580. The predicted molar refractivity (Wildman–Crippen MR) is 76.3 cm³/mol. The van der Waals surface area contributed by atoms with Crippen LogP contribution in [0.5, 0.6) is 0 Å². The van der Waals surface area contributed by atoms with Crippen LogP contribution in [-0.2, 0) is 5.75 Å². The van der Waals surface area contributed by atoms with Gasteiger partial charge in [0.25, 0.3) is 5.91 Å². The molecule has 0 radical (unpaired) electrons. The molecule has 1 N–H and O–H groups in total. The van der Waals surface area contributed by atoms with E-state index in [4.69, 9.17) is 4.42 Å². The Morgan fingerprint density at radius 1 is 1.50 bits per heavy atom. The van der Waals surface area contributed by atoms with Crippen LogP contribution in [0, 0.1) is 6.92 Å². The van der Waals surface area contributed by atoms with Crippen molar-refractivity contribution >= 4 is 29.0 Å². The molecular formula is C13H15NO2S2. The van der Waals surface area contributed by atoms with Crippen molar-refractivity contribution in [1.29, 1.82) is 0 Å². The lowest BCUT2D eigenvalue weighted by Crippen LogP contribution is -2.25. The van der Waals surface area contributed by atoms with Crippen LogP contribution in [0.1, 0.15) is 21.7 Å². The molecule has 0 unspecified atom stereocenters. The van der Waals surface area contributed by atoms with E-state index in [0.29, 0.717) is 17.9 Å². The Bertz CT molecular complexity index is 491. The Kier molecular flexibility index (Phi) is 4.90. The normalized spacial score (nSPS) is 10.5. The van der Waals surface area contributed by atoms with Gasteiger partial charge >= 0.3 is 0 Å². The molecule has 0 aliphatic carbocycles. The third kappa shape index (κ3) is 3.65. The second-order valence-corrected chi connectivity index (χ2v) is 5.72. The Morgan fingerprint density at radius 2 is 2.39 bits per heavy atom. The molecule has 0 aliphatic heterocycles. The highest BCUT2D eigenvalue weighted by Crippen LogP contribution is 2.14. The fourth-order valence-corrected chi connectivity index (χ4v) is 3.10. The number of nitrogens with one attached hydrogen (secondary N) is 1. The van der Waals surface area contributed by atoms with Crippen molar-refractivity contribution in [3.63, 3.8) is 0 Å². The molecule has 2 rings (SSSR count). The van der Waals surface area contributed by atoms with E-state index in [2.05, 4.69) is 22.1 Å². The van der Waals surface area contributed by atoms with Crippen LogP contribution in [0.2, 0.25) is 0 Å². The lowest BCUT2D eigenvalue weighted by Gasteiger charge is -2.03. The van der Waals surface area contributed by atoms with Crippen LogP contribution in [0.25, 0.3) is 0 Å². The van der Waals surface area contributed by atoms with Gasteiger partial charge in [-0.25, -0.2) is 0 Å². The van der Waals surface area contributed by atoms with Crippen LogP contribution in [0.15, 0.2) is 33.6 Å². The van der Waals surface area contributed by atoms with Crippen molar-refractivity contribution in [2.75, 3.05) is 12.3 Å². The molecule has 3 nitrogen and oxygen atoms in total. The van der Waals surface area contributed by atoms with Gasteiger partial charge in [0.15, 0.2) is 0 Å². The number of thioether (sulfide) groups is 1. The van der Waals surface area contributed by atoms with Crippen molar-refractivity contribution in [2.24, 2.45) is 0 Å². The summed E-state index contributed by atoms with van der Waals surface area (Å²) in [6.45, 7) is 2.47. The summed E-state index contributed by atoms with van der Waals surface area (Å²) in [4.78, 5) is 11.7. The summed E-state index contributed by atoms with van der Waals surface area (Å²) in [5.41, 5.74) is 1.97. The summed E-state index contributed by atoms with van der Waals surface area (Å²) in [6.07, 6.45) is 1.54. The molecule has 0 saturated carbocycles. The first kappa shape index (κ1) is 13.2. The zero-order valence-electron chi connectivity index (χ0n) is 10.1. The quantitative estimate of drug-likeness (QED) is 0.826. The lowest BCUT2D eigenvalue weighted by molar-refractivity contribution is 0.0954. The number of aryl methyl sites for hydroxylation is 1. The summed E-state index contributed by atoms with van der Waals surface area (Å²) < 4.78 is 5.10. The minimum Gasteiger partial charge on any atom is -0.469 e. The first-order valence-electron chi connectivity index (χ1n) is 5.68. The zero-order chi connectivity index (χ0) is 12.8. The predicted octanol–water partition coefficient (Wildman–Crippen LogP) is 3.31. The van der Waals surface area contributed by atoms with Crippen LogP contribution in [-0.4, -0.2) is 18.2 Å². The van der Waals surface area contributed by atoms with Crippen LogP contribution < -0.4 is 5.32 Å². The van der Waals surface area contributed by atoms with Crippen molar-refractivity contribution in [3.05, 3.63) is 46.0 Å². The highest BCUT2D eigenvalue weighted by molar-refractivity contribution is 7.98.